The molecular formula is C17H12FNO3. The third-order valence-corrected chi connectivity index (χ3v) is 4.61. The fourth-order valence-electron chi connectivity index (χ4n) is 3.45. The first-order valence-electron chi connectivity index (χ1n) is 6.97. The molecule has 4 rings (SSSR count). The largest absolute Gasteiger partial charge is 0.478 e. The van der Waals surface area contributed by atoms with Crippen molar-refractivity contribution in [2.45, 2.75) is 17.8 Å². The summed E-state index contributed by atoms with van der Waals surface area (Å²) in [4.78, 5) is 23.6. The minimum absolute atomic E-state index is 0.117. The van der Waals surface area contributed by atoms with Gasteiger partial charge < -0.3 is 10.4 Å². The zero-order valence-electron chi connectivity index (χ0n) is 11.5. The van der Waals surface area contributed by atoms with Gasteiger partial charge in [0.2, 0.25) is 5.91 Å². The van der Waals surface area contributed by atoms with Crippen molar-refractivity contribution in [2.75, 3.05) is 5.32 Å². The summed E-state index contributed by atoms with van der Waals surface area (Å²) in [5.74, 6) is -1.62. The molecule has 0 radical (unpaired) electrons. The molecule has 2 aromatic carbocycles. The second-order valence-electron chi connectivity index (χ2n) is 5.80. The number of rotatable bonds is 2. The van der Waals surface area contributed by atoms with Crippen molar-refractivity contribution >= 4 is 17.6 Å². The Hall–Kier alpha value is -2.69. The number of anilines is 1. The van der Waals surface area contributed by atoms with E-state index < -0.39 is 11.4 Å². The Morgan fingerprint density at radius 3 is 2.82 bits per heavy atom. The molecule has 0 aromatic heterocycles. The van der Waals surface area contributed by atoms with Gasteiger partial charge in [-0.05, 0) is 47.9 Å². The highest BCUT2D eigenvalue weighted by Crippen LogP contribution is 2.65. The molecule has 2 N–H and O–H groups in total. The number of carbonyl (C=O) groups is 2. The van der Waals surface area contributed by atoms with Crippen molar-refractivity contribution in [3.8, 4) is 0 Å². The molecule has 0 saturated heterocycles. The highest BCUT2D eigenvalue weighted by molar-refractivity contribution is 6.10. The first-order valence-corrected chi connectivity index (χ1v) is 6.97. The van der Waals surface area contributed by atoms with Gasteiger partial charge >= 0.3 is 5.97 Å². The topological polar surface area (TPSA) is 66.4 Å². The molecule has 2 atom stereocenters. The number of carboxylic acid groups (broad SMARTS) is 1. The molecule has 0 unspecified atom stereocenters. The van der Waals surface area contributed by atoms with Crippen LogP contribution in [0.3, 0.4) is 0 Å². The number of carboxylic acids is 1. The lowest BCUT2D eigenvalue weighted by atomic mass is 9.91. The lowest BCUT2D eigenvalue weighted by Crippen LogP contribution is -2.21. The van der Waals surface area contributed by atoms with Crippen molar-refractivity contribution < 1.29 is 19.1 Å². The number of hydrogen-bond donors (Lipinski definition) is 2. The Bertz CT molecular complexity index is 832. The van der Waals surface area contributed by atoms with E-state index in [-0.39, 0.29) is 23.2 Å². The molecule has 2 aromatic rings. The van der Waals surface area contributed by atoms with E-state index in [1.165, 1.54) is 18.2 Å². The molecular weight excluding hydrogens is 285 g/mol. The minimum atomic E-state index is -1.03. The molecule has 1 aliphatic carbocycles. The molecule has 1 saturated carbocycles. The van der Waals surface area contributed by atoms with E-state index in [0.29, 0.717) is 17.7 Å². The Kier molecular flexibility index (Phi) is 2.46. The number of halogens is 1. The lowest BCUT2D eigenvalue weighted by Gasteiger charge is -2.09. The molecule has 1 spiro atoms. The van der Waals surface area contributed by atoms with Crippen molar-refractivity contribution in [3.05, 3.63) is 65.0 Å². The Balaban J connectivity index is 1.81. The van der Waals surface area contributed by atoms with Crippen LogP contribution in [0.2, 0.25) is 0 Å². The quantitative estimate of drug-likeness (QED) is 0.895. The van der Waals surface area contributed by atoms with E-state index in [1.54, 1.807) is 24.3 Å². The highest BCUT2D eigenvalue weighted by atomic mass is 19.1. The van der Waals surface area contributed by atoms with Gasteiger partial charge in [-0.3, -0.25) is 4.79 Å². The van der Waals surface area contributed by atoms with E-state index in [2.05, 4.69) is 5.32 Å². The Labute approximate surface area is 125 Å². The van der Waals surface area contributed by atoms with Crippen LogP contribution in [0.25, 0.3) is 0 Å². The molecule has 22 heavy (non-hydrogen) atoms. The third-order valence-electron chi connectivity index (χ3n) is 4.61. The number of fused-ring (bicyclic) bond motifs is 2. The molecule has 1 amide bonds. The summed E-state index contributed by atoms with van der Waals surface area (Å²) in [6.45, 7) is 0. The number of benzene rings is 2. The summed E-state index contributed by atoms with van der Waals surface area (Å²) < 4.78 is 13.4. The van der Waals surface area contributed by atoms with E-state index in [1.807, 2.05) is 0 Å². The molecule has 1 fully saturated rings. The Morgan fingerprint density at radius 2 is 2.09 bits per heavy atom. The number of hydrogen-bond acceptors (Lipinski definition) is 2. The van der Waals surface area contributed by atoms with Crippen LogP contribution in [0.4, 0.5) is 10.1 Å². The van der Waals surface area contributed by atoms with Crippen molar-refractivity contribution in [1.29, 1.82) is 0 Å². The van der Waals surface area contributed by atoms with Gasteiger partial charge in [0, 0.05) is 11.6 Å². The molecule has 5 heteroatoms. The van der Waals surface area contributed by atoms with Crippen LogP contribution in [0.1, 0.15) is 33.8 Å². The monoisotopic (exact) mass is 297 g/mol. The van der Waals surface area contributed by atoms with Gasteiger partial charge in [0.05, 0.1) is 11.0 Å². The SMILES string of the molecule is O=C(O)c1ccc2c(c1)[C@]1(C[C@H]1c1cccc(F)c1)C(=O)N2. The first kappa shape index (κ1) is 13.0. The summed E-state index contributed by atoms with van der Waals surface area (Å²) in [6.07, 6.45) is 0.568. The molecule has 2 aliphatic rings. The summed E-state index contributed by atoms with van der Waals surface area (Å²) >= 11 is 0. The van der Waals surface area contributed by atoms with Gasteiger partial charge in [-0.15, -0.1) is 0 Å². The van der Waals surface area contributed by atoms with Crippen LogP contribution < -0.4 is 5.32 Å². The number of nitrogens with one attached hydrogen (secondary N) is 1. The van der Waals surface area contributed by atoms with Crippen LogP contribution in [0.5, 0.6) is 0 Å². The molecule has 4 nitrogen and oxygen atoms in total. The van der Waals surface area contributed by atoms with Crippen molar-refractivity contribution in [2.24, 2.45) is 0 Å². The van der Waals surface area contributed by atoms with Crippen LogP contribution in [-0.4, -0.2) is 17.0 Å². The Morgan fingerprint density at radius 1 is 1.27 bits per heavy atom. The molecule has 110 valence electrons. The summed E-state index contributed by atoms with van der Waals surface area (Å²) in [5, 5.41) is 11.9. The number of amides is 1. The van der Waals surface area contributed by atoms with Gasteiger partial charge in [-0.1, -0.05) is 12.1 Å². The predicted octanol–water partition coefficient (Wildman–Crippen LogP) is 2.90. The average Bonchev–Trinajstić information content (AvgIpc) is 3.17. The van der Waals surface area contributed by atoms with Gasteiger partial charge in [-0.2, -0.15) is 0 Å². The predicted molar refractivity (Wildman–Crippen MR) is 77.5 cm³/mol. The van der Waals surface area contributed by atoms with Gasteiger partial charge in [0.25, 0.3) is 0 Å². The second-order valence-corrected chi connectivity index (χ2v) is 5.80. The van der Waals surface area contributed by atoms with Gasteiger partial charge in [0.15, 0.2) is 0 Å². The van der Waals surface area contributed by atoms with E-state index in [4.69, 9.17) is 5.11 Å². The number of aromatic carboxylic acids is 1. The normalized spacial score (nSPS) is 25.0. The number of carbonyl (C=O) groups excluding carboxylic acids is 1. The molecule has 1 aliphatic heterocycles. The maximum Gasteiger partial charge on any atom is 0.335 e. The van der Waals surface area contributed by atoms with Gasteiger partial charge in [0.1, 0.15) is 5.82 Å². The zero-order chi connectivity index (χ0) is 15.5. The minimum Gasteiger partial charge on any atom is -0.478 e. The second kappa shape index (κ2) is 4.16. The zero-order valence-corrected chi connectivity index (χ0v) is 11.5. The van der Waals surface area contributed by atoms with E-state index >= 15 is 0 Å². The van der Waals surface area contributed by atoms with Gasteiger partial charge in [-0.25, -0.2) is 9.18 Å². The van der Waals surface area contributed by atoms with Crippen LogP contribution >= 0.6 is 0 Å². The van der Waals surface area contributed by atoms with Crippen molar-refractivity contribution in [1.82, 2.24) is 0 Å². The smallest absolute Gasteiger partial charge is 0.335 e. The average molecular weight is 297 g/mol. The van der Waals surface area contributed by atoms with Crippen LogP contribution in [0, 0.1) is 5.82 Å². The highest BCUT2D eigenvalue weighted by Gasteiger charge is 2.65. The van der Waals surface area contributed by atoms with Crippen LogP contribution in [0.15, 0.2) is 42.5 Å². The molecule has 1 heterocycles. The first-order chi connectivity index (χ1) is 10.5. The standard InChI is InChI=1S/C17H12FNO3/c18-11-3-1-2-9(6-11)13-8-17(13)12-7-10(15(20)21)4-5-14(12)19-16(17)22/h1-7,13H,8H2,(H,19,22)(H,20,21)/t13-,17-/m0/s1. The van der Waals surface area contributed by atoms with E-state index in [9.17, 15) is 14.0 Å². The van der Waals surface area contributed by atoms with E-state index in [0.717, 1.165) is 5.56 Å². The van der Waals surface area contributed by atoms with Crippen LogP contribution in [-0.2, 0) is 10.2 Å². The summed E-state index contributed by atoms with van der Waals surface area (Å²) in [6, 6.07) is 10.9. The lowest BCUT2D eigenvalue weighted by molar-refractivity contribution is -0.118. The fraction of sp³-hybridized carbons (Fsp3) is 0.176. The third kappa shape index (κ3) is 1.62. The maximum absolute atomic E-state index is 13.4. The maximum atomic E-state index is 13.4. The fourth-order valence-corrected chi connectivity index (χ4v) is 3.45. The summed E-state index contributed by atoms with van der Waals surface area (Å²) in [7, 11) is 0. The van der Waals surface area contributed by atoms with Crippen molar-refractivity contribution in [3.63, 3.8) is 0 Å². The molecule has 0 bridgehead atoms. The summed E-state index contributed by atoms with van der Waals surface area (Å²) in [5.41, 5.74) is 1.51.